The van der Waals surface area contributed by atoms with E-state index in [1.54, 1.807) is 30.4 Å². The second-order valence-corrected chi connectivity index (χ2v) is 31.5. The molecule has 8 aliphatic carbocycles. The molecule has 8 aromatic rings. The maximum Gasteiger partial charge on any atom is 6.00 e. The number of fused-ring (bicyclic) bond motifs is 10. The fourth-order valence-corrected chi connectivity index (χ4v) is 20.0. The molecule has 6 saturated carbocycles. The first-order valence-corrected chi connectivity index (χ1v) is 38.4. The van der Waals surface area contributed by atoms with E-state index < -0.39 is 108 Å². The number of aliphatic hydroxyl groups is 1. The van der Waals surface area contributed by atoms with Crippen LogP contribution in [-0.4, -0.2) is 121 Å². The molecule has 6 fully saturated rings. The minimum Gasteiger partial charge on any atom is -0.851 e. The van der Waals surface area contributed by atoms with Gasteiger partial charge < -0.3 is 114 Å². The normalized spacial score (nSPS) is 29.4. The van der Waals surface area contributed by atoms with Gasteiger partial charge in [0.1, 0.15) is 70.4 Å². The molecule has 8 heterocycles. The minimum absolute atomic E-state index is 0. The van der Waals surface area contributed by atoms with E-state index in [1.807, 2.05) is 47.6 Å². The summed E-state index contributed by atoms with van der Waals surface area (Å²) < 4.78 is 49.2. The maximum atomic E-state index is 14.2. The zero-order valence-corrected chi connectivity index (χ0v) is 72.2. The van der Waals surface area contributed by atoms with Crippen molar-refractivity contribution in [3.05, 3.63) is 241 Å². The third-order valence-electron chi connectivity index (χ3n) is 23.7. The topological polar surface area (TPSA) is 510 Å². The van der Waals surface area contributed by atoms with E-state index in [1.165, 1.54) is 147 Å². The summed E-state index contributed by atoms with van der Waals surface area (Å²) in [5.74, 6) is -13.0. The van der Waals surface area contributed by atoms with Gasteiger partial charge in [-0.15, -0.1) is 52.5 Å². The number of rotatable bonds is 14. The van der Waals surface area contributed by atoms with Gasteiger partial charge in [-0.3, -0.25) is 19.2 Å². The van der Waals surface area contributed by atoms with Gasteiger partial charge in [-0.2, -0.15) is 0 Å². The Morgan fingerprint density at radius 1 is 0.433 bits per heavy atom. The monoisotopic (exact) mass is 1830 g/mol. The summed E-state index contributed by atoms with van der Waals surface area (Å²) in [5.41, 5.74) is -4.61. The molecule has 0 aromatic carbocycles. The van der Waals surface area contributed by atoms with Crippen LogP contribution in [0.15, 0.2) is 230 Å². The molecule has 628 valence electrons. The van der Waals surface area contributed by atoms with E-state index in [9.17, 15) is 98.4 Å². The molecule has 2 unspecified atom stereocenters. The number of allylic oxidation sites excluding steroid dienone is 8. The summed E-state index contributed by atoms with van der Waals surface area (Å²) in [6, 6.07) is 23.0. The van der Waals surface area contributed by atoms with Crippen LogP contribution in [0.2, 0.25) is 0 Å². The summed E-state index contributed by atoms with van der Waals surface area (Å²) >= 11 is 27.1. The molecule has 0 spiro atoms. The number of carboxylic acids is 6. The number of carbonyl (C=O) groups is 12. The number of aromatic carboxylic acids is 6. The number of halogens is 4. The Balaban J connectivity index is 0.000000212. The van der Waals surface area contributed by atoms with Gasteiger partial charge in [0.25, 0.3) is 0 Å². The summed E-state index contributed by atoms with van der Waals surface area (Å²) in [6.45, 7) is 11.5. The molecule has 120 heavy (non-hydrogen) atoms. The molecule has 16 atom stereocenters. The quantitative estimate of drug-likeness (QED) is 0.0914. The molecule has 1 N–H and O–H groups in total. The molecule has 0 amide bonds. The number of ketones is 4. The van der Waals surface area contributed by atoms with E-state index in [0.717, 1.165) is 11.1 Å². The van der Waals surface area contributed by atoms with Crippen LogP contribution in [0, 0.1) is 57.2 Å². The van der Waals surface area contributed by atoms with Gasteiger partial charge in [-0.05, 0) is 190 Å². The Labute approximate surface area is 741 Å². The summed E-state index contributed by atoms with van der Waals surface area (Å²) in [5, 5.41) is 85.1. The number of ether oxygens (including phenoxy) is 2. The van der Waals surface area contributed by atoms with Crippen molar-refractivity contribution >= 4 is 117 Å². The predicted molar refractivity (Wildman–Crippen MR) is 396 cm³/mol. The zero-order chi connectivity index (χ0) is 86.7. The van der Waals surface area contributed by atoms with Crippen molar-refractivity contribution in [2.24, 2.45) is 57.2 Å². The predicted octanol–water partition coefficient (Wildman–Crippen LogP) is 3.97. The van der Waals surface area contributed by atoms with Crippen LogP contribution >= 0.6 is 46.4 Å². The summed E-state index contributed by atoms with van der Waals surface area (Å²) in [4.78, 5) is 134. The van der Waals surface area contributed by atoms with Gasteiger partial charge in [-0.1, -0.05) is 71.3 Å². The zero-order valence-electron chi connectivity index (χ0n) is 65.2. The SMILES string of the molecule is C[C@@H]1C[C@H]2[C@@H]3CCC4=CC(=O)C=C[C@]4(C)C3(Cl)[C@@H](O)C[C@]2(C)[C@@]1(OC(=O)c1ccco1)C(=O)CCl.C[C@@H]1C[C@H]2[C@@H]3CCC4=CC(=O)C=C[C@]4(C)C3(Cl)[C@@H]([O-])C[C@]2(C)[C@@]1(OC(=O)c1ccco1)C(=O)CCl.O=C([O-])c1ccco1.O=C([O-])c1ccco1.O=C([O-])c1ccco1.O=C([O-])c1ccco1.O=C([O-])c1ccco1.O=C([O-])c1ccco1.[Mo+6].[Na+]. The van der Waals surface area contributed by atoms with Crippen LogP contribution in [0.5, 0.6) is 0 Å². The van der Waals surface area contributed by atoms with Crippen molar-refractivity contribution in [3.8, 4) is 0 Å². The van der Waals surface area contributed by atoms with Crippen molar-refractivity contribution in [3.63, 3.8) is 0 Å². The Morgan fingerprint density at radius 3 is 0.942 bits per heavy atom. The van der Waals surface area contributed by atoms with Crippen molar-refractivity contribution < 1.29 is 194 Å². The first-order chi connectivity index (χ1) is 55.7. The van der Waals surface area contributed by atoms with Gasteiger partial charge in [0, 0.05) is 38.4 Å². The summed E-state index contributed by atoms with van der Waals surface area (Å²) in [7, 11) is 0. The van der Waals surface area contributed by atoms with E-state index >= 15 is 0 Å². The third-order valence-corrected chi connectivity index (χ3v) is 26.0. The summed E-state index contributed by atoms with van der Waals surface area (Å²) in [6.07, 6.45) is 22.0. The van der Waals surface area contributed by atoms with Crippen molar-refractivity contribution in [2.75, 3.05) is 11.8 Å². The number of carbonyl (C=O) groups excluding carboxylic acids is 12. The maximum absolute atomic E-state index is 14.2. The van der Waals surface area contributed by atoms with Gasteiger partial charge in [0.2, 0.25) is 11.5 Å². The molecule has 36 heteroatoms. The van der Waals surface area contributed by atoms with Gasteiger partial charge in [-0.25, -0.2) is 9.59 Å². The van der Waals surface area contributed by atoms with E-state index in [2.05, 4.69) is 26.5 Å². The van der Waals surface area contributed by atoms with Crippen LogP contribution in [0.1, 0.15) is 177 Å². The van der Waals surface area contributed by atoms with Crippen LogP contribution in [0.25, 0.3) is 0 Å². The van der Waals surface area contributed by atoms with Gasteiger partial charge >= 0.3 is 62.6 Å². The number of Topliss-reactive ketones (excluding diaryl/α,β-unsaturated/α-hetero) is 2. The molecule has 0 bridgehead atoms. The molecular weight excluding hydrogens is 1750 g/mol. The Bertz CT molecular complexity index is 4490. The average molecular weight is 1830 g/mol. The van der Waals surface area contributed by atoms with Crippen LogP contribution < -0.4 is 65.3 Å². The van der Waals surface area contributed by atoms with E-state index in [0.29, 0.717) is 38.5 Å². The van der Waals surface area contributed by atoms with Crippen molar-refractivity contribution in [1.29, 1.82) is 0 Å². The molecule has 8 aromatic heterocycles. The first kappa shape index (κ1) is 97.5. The molecule has 0 aliphatic heterocycles. The first-order valence-electron chi connectivity index (χ1n) is 36.6. The van der Waals surface area contributed by atoms with E-state index in [-0.39, 0.29) is 174 Å². The molecule has 16 rings (SSSR count). The van der Waals surface area contributed by atoms with Crippen LogP contribution in [-0.2, 0) is 49.7 Å². The fraction of sp³-hybridized carbons (Fsp3) is 0.381. The fourth-order valence-electron chi connectivity index (χ4n) is 18.5. The van der Waals surface area contributed by atoms with Gasteiger partial charge in [0.05, 0.1) is 72.8 Å². The third kappa shape index (κ3) is 19.0. The Morgan fingerprint density at radius 2 is 0.692 bits per heavy atom. The minimum atomic E-state index is -1.57. The number of carboxylic acid groups (broad SMARTS) is 6. The van der Waals surface area contributed by atoms with Gasteiger partial charge in [0.15, 0.2) is 34.3 Å². The standard InChI is InChI=1S/C27H30Cl2O6.C27H29Cl2O6.6C5H4O3.Mo.Na/c2*1-15-11-19-18-7-6-16-12-17(30)8-9-24(16,2)26(18,29)21(31)13-25(19,3)27(15,22(32)14-28)35-23(33)20-5-4-10-34-20;6*6-5(7)4-2-1-3-8-4;;/h4-5,8-10,12,15,18-19,21,31H,6-7,11,13-14H2,1-3H3;4-5,8-10,12,15,18-19,21H,6-7,11,13-14H2,1-3H3;6*1-3H,(H,6,7);;/q;-1;;;;;;;+6;+1/p-6/t2*15-,18+,19+,21+,24+,25+,26?,27+;;;;;;;;/m11......../s1. The number of furan rings is 8. The van der Waals surface area contributed by atoms with Crippen molar-refractivity contribution in [1.82, 2.24) is 0 Å². The number of esters is 2. The van der Waals surface area contributed by atoms with E-state index in [4.69, 9.17) is 64.7 Å². The second kappa shape index (κ2) is 40.4. The Hall–Kier alpha value is -9.59. The number of aliphatic hydroxyl groups excluding tert-OH is 1. The molecule has 30 nitrogen and oxygen atoms in total. The number of alkyl halides is 4. The van der Waals surface area contributed by atoms with Crippen LogP contribution in [0.4, 0.5) is 0 Å². The second-order valence-electron chi connectivity index (χ2n) is 29.7. The molecular formula is C84H77Cl4MoNaO30. The smallest absolute Gasteiger partial charge is 0.851 e. The Kier molecular flexibility index (Phi) is 32.8. The van der Waals surface area contributed by atoms with Crippen molar-refractivity contribution in [2.45, 2.75) is 126 Å². The molecule has 8 aliphatic rings. The molecule has 0 saturated heterocycles. The number of hydrogen-bond acceptors (Lipinski definition) is 30. The molecule has 0 radical (unpaired) electrons. The van der Waals surface area contributed by atoms with Crippen LogP contribution in [0.3, 0.4) is 0 Å². The number of hydrogen-bond donors (Lipinski definition) is 1. The largest absolute Gasteiger partial charge is 6.00 e. The average Bonchev–Trinajstić information content (AvgIpc) is 1.50.